The van der Waals surface area contributed by atoms with Gasteiger partial charge in [-0.15, -0.1) is 0 Å². The number of nitrogens with zero attached hydrogens (tertiary/aromatic N) is 2. The van der Waals surface area contributed by atoms with Crippen molar-refractivity contribution in [1.82, 2.24) is 15.1 Å². The molecule has 1 aliphatic heterocycles. The molecule has 0 amide bonds. The number of aromatic nitrogens is 2. The fraction of sp³-hybridized carbons (Fsp3) is 0.357. The molecule has 0 saturated carbocycles. The first-order valence-corrected chi connectivity index (χ1v) is 6.30. The van der Waals surface area contributed by atoms with Crippen molar-refractivity contribution in [2.45, 2.75) is 12.6 Å². The first-order valence-electron chi connectivity index (χ1n) is 6.30. The second-order valence-electron chi connectivity index (χ2n) is 4.52. The van der Waals surface area contributed by atoms with Crippen LogP contribution in [0.1, 0.15) is 17.2 Å². The number of hydrogen-bond donors (Lipinski definition) is 1. The van der Waals surface area contributed by atoms with Crippen molar-refractivity contribution < 1.29 is 4.74 Å². The Morgan fingerprint density at radius 1 is 1.33 bits per heavy atom. The maximum atomic E-state index is 5.71. The quantitative estimate of drug-likeness (QED) is 0.890. The Morgan fingerprint density at radius 2 is 2.22 bits per heavy atom. The molecule has 1 atom stereocenters. The first kappa shape index (κ1) is 11.4. The van der Waals surface area contributed by atoms with Crippen LogP contribution in [0.4, 0.5) is 0 Å². The molecule has 0 radical (unpaired) electrons. The average Bonchev–Trinajstić information content (AvgIpc) is 2.89. The lowest BCUT2D eigenvalue weighted by Gasteiger charge is -2.22. The minimum atomic E-state index is 0.142. The summed E-state index contributed by atoms with van der Waals surface area (Å²) in [6, 6.07) is 10.3. The van der Waals surface area contributed by atoms with E-state index in [-0.39, 0.29) is 6.10 Å². The molecule has 1 N–H and O–H groups in total. The summed E-state index contributed by atoms with van der Waals surface area (Å²) in [5.74, 6) is 0. The van der Waals surface area contributed by atoms with Gasteiger partial charge in [-0.2, -0.15) is 5.10 Å². The van der Waals surface area contributed by atoms with Crippen LogP contribution in [0.5, 0.6) is 0 Å². The number of nitrogens with one attached hydrogen (secondary N) is 1. The molecule has 4 nitrogen and oxygen atoms in total. The Bertz CT molecular complexity index is 489. The van der Waals surface area contributed by atoms with E-state index in [4.69, 9.17) is 4.74 Å². The summed E-state index contributed by atoms with van der Waals surface area (Å²) in [7, 11) is 0. The van der Waals surface area contributed by atoms with Gasteiger partial charge in [-0.05, 0) is 5.56 Å². The predicted molar refractivity (Wildman–Crippen MR) is 69.3 cm³/mol. The first-order chi connectivity index (χ1) is 8.92. The molecule has 0 bridgehead atoms. The number of benzene rings is 1. The molecule has 1 fully saturated rings. The number of rotatable bonds is 3. The standard InChI is InChI=1S/C14H17N3O/c1-2-4-12(5-3-1)10-17-11-13(8-16-17)14-9-15-6-7-18-14/h1-5,8,11,14-15H,6-7,9-10H2/t14-/m0/s1. The molecule has 1 aliphatic rings. The normalized spacial score (nSPS) is 19.9. The van der Waals surface area contributed by atoms with Gasteiger partial charge in [-0.25, -0.2) is 0 Å². The van der Waals surface area contributed by atoms with Crippen LogP contribution in [-0.4, -0.2) is 29.5 Å². The van der Waals surface area contributed by atoms with Crippen LogP contribution in [0, 0.1) is 0 Å². The van der Waals surface area contributed by atoms with E-state index in [0.717, 1.165) is 31.8 Å². The Balaban J connectivity index is 1.69. The van der Waals surface area contributed by atoms with E-state index in [2.05, 4.69) is 28.7 Å². The molecule has 94 valence electrons. The second kappa shape index (κ2) is 5.33. The van der Waals surface area contributed by atoms with Gasteiger partial charge < -0.3 is 10.1 Å². The highest BCUT2D eigenvalue weighted by Crippen LogP contribution is 2.18. The molecule has 2 heterocycles. The third kappa shape index (κ3) is 2.60. The van der Waals surface area contributed by atoms with Gasteiger partial charge in [-0.3, -0.25) is 4.68 Å². The lowest BCUT2D eigenvalue weighted by Crippen LogP contribution is -2.33. The third-order valence-corrected chi connectivity index (χ3v) is 3.14. The van der Waals surface area contributed by atoms with Crippen LogP contribution in [0.25, 0.3) is 0 Å². The summed E-state index contributed by atoms with van der Waals surface area (Å²) in [5, 5.41) is 7.73. The summed E-state index contributed by atoms with van der Waals surface area (Å²) in [4.78, 5) is 0. The fourth-order valence-electron chi connectivity index (χ4n) is 2.18. The number of hydrogen-bond acceptors (Lipinski definition) is 3. The van der Waals surface area contributed by atoms with Gasteiger partial charge in [0.2, 0.25) is 0 Å². The smallest absolute Gasteiger partial charge is 0.0980 e. The largest absolute Gasteiger partial charge is 0.371 e. The zero-order valence-electron chi connectivity index (χ0n) is 10.2. The maximum absolute atomic E-state index is 5.71. The van der Waals surface area contributed by atoms with Crippen molar-refractivity contribution in [3.8, 4) is 0 Å². The SMILES string of the molecule is c1ccc(Cn2cc([C@@H]3CNCCO3)cn2)cc1. The fourth-order valence-corrected chi connectivity index (χ4v) is 2.18. The van der Waals surface area contributed by atoms with E-state index in [9.17, 15) is 0 Å². The maximum Gasteiger partial charge on any atom is 0.0980 e. The lowest BCUT2D eigenvalue weighted by atomic mass is 10.2. The summed E-state index contributed by atoms with van der Waals surface area (Å²) >= 11 is 0. The van der Waals surface area contributed by atoms with Crippen LogP contribution in [0.2, 0.25) is 0 Å². The summed E-state index contributed by atoms with van der Waals surface area (Å²) in [5.41, 5.74) is 2.41. The molecule has 0 aliphatic carbocycles. The van der Waals surface area contributed by atoms with Gasteiger partial charge in [0.15, 0.2) is 0 Å². The van der Waals surface area contributed by atoms with Gasteiger partial charge in [0.25, 0.3) is 0 Å². The van der Waals surface area contributed by atoms with Crippen LogP contribution >= 0.6 is 0 Å². The third-order valence-electron chi connectivity index (χ3n) is 3.14. The van der Waals surface area contributed by atoms with Crippen molar-refractivity contribution in [2.24, 2.45) is 0 Å². The molecule has 0 spiro atoms. The Morgan fingerprint density at radius 3 is 3.00 bits per heavy atom. The van der Waals surface area contributed by atoms with Crippen molar-refractivity contribution in [3.05, 3.63) is 53.9 Å². The molecule has 3 rings (SSSR count). The number of morpholine rings is 1. The van der Waals surface area contributed by atoms with Crippen LogP contribution in [0.3, 0.4) is 0 Å². The minimum absolute atomic E-state index is 0.142. The second-order valence-corrected chi connectivity index (χ2v) is 4.52. The molecule has 18 heavy (non-hydrogen) atoms. The lowest BCUT2D eigenvalue weighted by molar-refractivity contribution is 0.0276. The Labute approximate surface area is 107 Å². The van der Waals surface area contributed by atoms with Gasteiger partial charge in [-0.1, -0.05) is 30.3 Å². The van der Waals surface area contributed by atoms with Gasteiger partial charge >= 0.3 is 0 Å². The highest BCUT2D eigenvalue weighted by atomic mass is 16.5. The predicted octanol–water partition coefficient (Wildman–Crippen LogP) is 1.59. The molecule has 1 aromatic heterocycles. The van der Waals surface area contributed by atoms with Crippen molar-refractivity contribution in [2.75, 3.05) is 19.7 Å². The molecular weight excluding hydrogens is 226 g/mol. The topological polar surface area (TPSA) is 39.1 Å². The van der Waals surface area contributed by atoms with Crippen LogP contribution in [0.15, 0.2) is 42.7 Å². The van der Waals surface area contributed by atoms with E-state index >= 15 is 0 Å². The highest BCUT2D eigenvalue weighted by Gasteiger charge is 2.17. The van der Waals surface area contributed by atoms with Crippen LogP contribution < -0.4 is 5.32 Å². The van der Waals surface area contributed by atoms with E-state index in [1.807, 2.05) is 29.1 Å². The zero-order chi connectivity index (χ0) is 12.2. The van der Waals surface area contributed by atoms with Crippen molar-refractivity contribution in [1.29, 1.82) is 0 Å². The zero-order valence-corrected chi connectivity index (χ0v) is 10.2. The minimum Gasteiger partial charge on any atom is -0.371 e. The molecule has 2 aromatic rings. The Kier molecular flexibility index (Phi) is 3.39. The monoisotopic (exact) mass is 243 g/mol. The molecule has 1 aromatic carbocycles. The van der Waals surface area contributed by atoms with Gasteiger partial charge in [0, 0.05) is 24.8 Å². The van der Waals surface area contributed by atoms with Crippen molar-refractivity contribution in [3.63, 3.8) is 0 Å². The Hall–Kier alpha value is -1.65. The van der Waals surface area contributed by atoms with Gasteiger partial charge in [0.05, 0.1) is 25.5 Å². The molecule has 1 saturated heterocycles. The summed E-state index contributed by atoms with van der Waals surface area (Å²) in [6.45, 7) is 3.39. The number of ether oxygens (including phenoxy) is 1. The van der Waals surface area contributed by atoms with E-state index < -0.39 is 0 Å². The molecule has 0 unspecified atom stereocenters. The van der Waals surface area contributed by atoms with E-state index in [0.29, 0.717) is 0 Å². The highest BCUT2D eigenvalue weighted by molar-refractivity contribution is 5.16. The summed E-state index contributed by atoms with van der Waals surface area (Å²) < 4.78 is 7.67. The van der Waals surface area contributed by atoms with Crippen LogP contribution in [-0.2, 0) is 11.3 Å². The summed E-state index contributed by atoms with van der Waals surface area (Å²) in [6.07, 6.45) is 4.12. The van der Waals surface area contributed by atoms with E-state index in [1.54, 1.807) is 0 Å². The molecular formula is C14H17N3O. The van der Waals surface area contributed by atoms with Gasteiger partial charge in [0.1, 0.15) is 0 Å². The van der Waals surface area contributed by atoms with E-state index in [1.165, 1.54) is 5.56 Å². The molecule has 4 heteroatoms. The van der Waals surface area contributed by atoms with Crippen molar-refractivity contribution >= 4 is 0 Å². The average molecular weight is 243 g/mol.